The predicted molar refractivity (Wildman–Crippen MR) is 186 cm³/mol. The van der Waals surface area contributed by atoms with Crippen LogP contribution in [-0.2, 0) is 20.2 Å². The molecule has 2 aliphatic rings. The molecule has 3 N–H and O–H groups in total. The van der Waals surface area contributed by atoms with Crippen molar-refractivity contribution in [3.63, 3.8) is 0 Å². The largest absolute Gasteiger partial charge is 0.295 e. The Bertz CT molecular complexity index is 2890. The van der Waals surface area contributed by atoms with Gasteiger partial charge in [-0.05, 0) is 65.4 Å². The lowest BCUT2D eigenvalue weighted by molar-refractivity contribution is 0.0839. The molecule has 6 aromatic carbocycles. The van der Waals surface area contributed by atoms with Gasteiger partial charge in [-0.2, -0.15) is 16.8 Å². The number of nitrogens with zero attached hydrogens (tertiary/aromatic N) is 1. The van der Waals surface area contributed by atoms with Crippen LogP contribution in [0.1, 0.15) is 57.4 Å². The van der Waals surface area contributed by atoms with E-state index in [0.717, 1.165) is 18.2 Å². The monoisotopic (exact) mass is 732 g/mol. The molecule has 6 aromatic rings. The van der Waals surface area contributed by atoms with Crippen LogP contribution in [0.4, 0.5) is 5.69 Å². The van der Waals surface area contributed by atoms with Crippen LogP contribution in [0.3, 0.4) is 0 Å². The SMILES string of the molecule is O=C(c1ccc2c3c(cccc13)C(=O)NC2=O)c1ccc2c3c(cccc13)C(=O)N(c1ccc(-c3ccccc3S(=O)(=O)O)c(S(=O)(=O)O)c1)C2=O. The zero-order chi connectivity index (χ0) is 36.9. The summed E-state index contributed by atoms with van der Waals surface area (Å²) >= 11 is 0. The Balaban J connectivity index is 1.25. The van der Waals surface area contributed by atoms with Crippen LogP contribution in [0.5, 0.6) is 0 Å². The van der Waals surface area contributed by atoms with Crippen molar-refractivity contribution in [3.05, 3.63) is 137 Å². The van der Waals surface area contributed by atoms with E-state index in [0.29, 0.717) is 15.7 Å². The van der Waals surface area contributed by atoms with E-state index in [2.05, 4.69) is 5.32 Å². The highest BCUT2D eigenvalue weighted by atomic mass is 32.2. The molecule has 4 amide bonds. The first-order valence-corrected chi connectivity index (χ1v) is 18.1. The van der Waals surface area contributed by atoms with Crippen molar-refractivity contribution in [2.24, 2.45) is 0 Å². The number of ketones is 1. The van der Waals surface area contributed by atoms with E-state index in [1.165, 1.54) is 66.7 Å². The van der Waals surface area contributed by atoms with Gasteiger partial charge < -0.3 is 0 Å². The number of carbonyl (C=O) groups excluding carboxylic acids is 5. The van der Waals surface area contributed by atoms with Crippen molar-refractivity contribution in [1.29, 1.82) is 0 Å². The minimum absolute atomic E-state index is 0.00452. The molecule has 0 unspecified atom stereocenters. The van der Waals surface area contributed by atoms with Crippen LogP contribution in [-0.4, -0.2) is 55.4 Å². The first-order valence-electron chi connectivity index (χ1n) is 15.3. The number of benzene rings is 6. The molecule has 0 aromatic heterocycles. The highest BCUT2D eigenvalue weighted by Gasteiger charge is 2.37. The number of anilines is 1. The Morgan fingerprint density at radius 2 is 0.981 bits per heavy atom. The van der Waals surface area contributed by atoms with Crippen molar-refractivity contribution in [2.75, 3.05) is 4.90 Å². The Kier molecular flexibility index (Phi) is 7.13. The second kappa shape index (κ2) is 11.3. The molecule has 2 heterocycles. The van der Waals surface area contributed by atoms with Crippen molar-refractivity contribution >= 4 is 76.9 Å². The fourth-order valence-corrected chi connectivity index (χ4v) is 8.33. The van der Waals surface area contributed by atoms with Crippen molar-refractivity contribution in [1.82, 2.24) is 5.32 Å². The first kappa shape index (κ1) is 32.8. The van der Waals surface area contributed by atoms with Gasteiger partial charge in [-0.25, -0.2) is 4.90 Å². The van der Waals surface area contributed by atoms with E-state index in [1.54, 1.807) is 18.2 Å². The molecule has 8 rings (SSSR count). The van der Waals surface area contributed by atoms with E-state index < -0.39 is 59.4 Å². The lowest BCUT2D eigenvalue weighted by Crippen LogP contribution is -2.40. The topological polar surface area (TPSA) is 209 Å². The van der Waals surface area contributed by atoms with E-state index in [4.69, 9.17) is 0 Å². The Morgan fingerprint density at radius 1 is 0.519 bits per heavy atom. The normalized spacial score (nSPS) is 14.2. The summed E-state index contributed by atoms with van der Waals surface area (Å²) in [6.45, 7) is 0. The number of hydrogen-bond donors (Lipinski definition) is 3. The summed E-state index contributed by atoms with van der Waals surface area (Å²) in [6, 6.07) is 23.0. The minimum atomic E-state index is -5.11. The number of nitrogens with one attached hydrogen (secondary N) is 1. The summed E-state index contributed by atoms with van der Waals surface area (Å²) in [5.41, 5.74) is -0.134. The molecule has 0 saturated heterocycles. The third kappa shape index (κ3) is 4.86. The molecule has 0 radical (unpaired) electrons. The average molecular weight is 733 g/mol. The molecule has 52 heavy (non-hydrogen) atoms. The Hall–Kier alpha value is -6.39. The third-order valence-corrected chi connectivity index (χ3v) is 10.9. The standard InChI is InChI=1S/C37H20N2O11S2/c40-33(23-13-15-26-31-21(23)6-3-8-25(31)34(41)38-35(26)42)24-14-16-28-32-22(24)7-4-9-27(32)36(43)39(37(28)44)18-11-12-20(30(17-18)52(48,49)50)19-5-1-2-10-29(19)51(45,46)47/h1-17H,(H,38,41,42)(H,45,46,47)(H,48,49,50). The smallest absolute Gasteiger partial charge is 0.289 e. The summed E-state index contributed by atoms with van der Waals surface area (Å²) in [4.78, 5) is 66.6. The van der Waals surface area contributed by atoms with E-state index in [9.17, 15) is 49.9 Å². The molecule has 0 fully saturated rings. The maximum atomic E-state index is 14.2. The molecule has 0 bridgehead atoms. The van der Waals surface area contributed by atoms with Gasteiger partial charge in [0.1, 0.15) is 9.79 Å². The van der Waals surface area contributed by atoms with E-state index >= 15 is 0 Å². The van der Waals surface area contributed by atoms with E-state index in [1.807, 2.05) is 0 Å². The molecule has 0 saturated carbocycles. The van der Waals surface area contributed by atoms with Gasteiger partial charge in [-0.15, -0.1) is 0 Å². The minimum Gasteiger partial charge on any atom is -0.289 e. The maximum Gasteiger partial charge on any atom is 0.295 e. The summed E-state index contributed by atoms with van der Waals surface area (Å²) in [6.07, 6.45) is 0. The van der Waals surface area contributed by atoms with E-state index in [-0.39, 0.29) is 61.0 Å². The number of rotatable bonds is 6. The molecule has 0 aliphatic carbocycles. The summed E-state index contributed by atoms with van der Waals surface area (Å²) in [7, 11) is -9.95. The van der Waals surface area contributed by atoms with Gasteiger partial charge in [0.15, 0.2) is 5.78 Å². The second-order valence-corrected chi connectivity index (χ2v) is 14.7. The number of carbonyl (C=O) groups is 5. The molecular formula is C37H20N2O11S2. The lowest BCUT2D eigenvalue weighted by Gasteiger charge is -2.28. The average Bonchev–Trinajstić information content (AvgIpc) is 3.11. The summed E-state index contributed by atoms with van der Waals surface area (Å²) < 4.78 is 69.3. The van der Waals surface area contributed by atoms with Crippen molar-refractivity contribution in [2.45, 2.75) is 9.79 Å². The molecule has 2 aliphatic heterocycles. The molecule has 0 atom stereocenters. The molecule has 13 nitrogen and oxygen atoms in total. The number of amides is 4. The van der Waals surface area contributed by atoms with Crippen LogP contribution in [0.25, 0.3) is 32.7 Å². The highest BCUT2D eigenvalue weighted by molar-refractivity contribution is 7.86. The van der Waals surface area contributed by atoms with Gasteiger partial charge in [0, 0.05) is 55.3 Å². The summed E-state index contributed by atoms with van der Waals surface area (Å²) in [5.74, 6) is -3.47. The molecule has 256 valence electrons. The Labute approximate surface area is 293 Å². The van der Waals surface area contributed by atoms with Gasteiger partial charge in [0.25, 0.3) is 43.9 Å². The Morgan fingerprint density at radius 3 is 1.60 bits per heavy atom. The quantitative estimate of drug-likeness (QED) is 0.117. The first-order chi connectivity index (χ1) is 24.7. The fourth-order valence-electron chi connectivity index (χ4n) is 6.89. The third-order valence-electron chi connectivity index (χ3n) is 9.11. The van der Waals surface area contributed by atoms with Gasteiger partial charge in [0.05, 0.1) is 5.69 Å². The number of imide groups is 2. The second-order valence-electron chi connectivity index (χ2n) is 12.0. The van der Waals surface area contributed by atoms with Crippen LogP contribution in [0.2, 0.25) is 0 Å². The maximum absolute atomic E-state index is 14.2. The van der Waals surface area contributed by atoms with Crippen molar-refractivity contribution < 1.29 is 49.9 Å². The van der Waals surface area contributed by atoms with Crippen molar-refractivity contribution in [3.8, 4) is 11.1 Å². The van der Waals surface area contributed by atoms with Gasteiger partial charge >= 0.3 is 0 Å². The number of hydrogen-bond acceptors (Lipinski definition) is 9. The summed E-state index contributed by atoms with van der Waals surface area (Å²) in [5, 5.41) is 3.37. The van der Waals surface area contributed by atoms with Gasteiger partial charge in [0.2, 0.25) is 0 Å². The van der Waals surface area contributed by atoms with Crippen LogP contribution in [0, 0.1) is 0 Å². The van der Waals surface area contributed by atoms with Crippen LogP contribution < -0.4 is 10.2 Å². The molecule has 15 heteroatoms. The van der Waals surface area contributed by atoms with Crippen LogP contribution in [0.15, 0.2) is 113 Å². The zero-order valence-corrected chi connectivity index (χ0v) is 27.8. The zero-order valence-electron chi connectivity index (χ0n) is 26.1. The van der Waals surface area contributed by atoms with Gasteiger partial charge in [-0.3, -0.25) is 38.4 Å². The molecular weight excluding hydrogens is 713 g/mol. The lowest BCUT2D eigenvalue weighted by atomic mass is 9.86. The van der Waals surface area contributed by atoms with Crippen LogP contribution >= 0.6 is 0 Å². The fraction of sp³-hybridized carbons (Fsp3) is 0. The van der Waals surface area contributed by atoms with Gasteiger partial charge in [-0.1, -0.05) is 48.5 Å². The molecule has 0 spiro atoms. The predicted octanol–water partition coefficient (Wildman–Crippen LogP) is 5.07. The highest BCUT2D eigenvalue weighted by Crippen LogP contribution is 2.40.